The molecular weight excluding hydrogens is 459 g/mol. The third-order valence-corrected chi connectivity index (χ3v) is 6.18. The lowest BCUT2D eigenvalue weighted by molar-refractivity contribution is -0.145. The molecule has 34 heavy (non-hydrogen) atoms. The van der Waals surface area contributed by atoms with Crippen LogP contribution in [0.25, 0.3) is 11.0 Å². The first kappa shape index (κ1) is 23.4. The smallest absolute Gasteiger partial charge is 0.329 e. The van der Waals surface area contributed by atoms with Gasteiger partial charge in [-0.3, -0.25) is 23.6 Å². The van der Waals surface area contributed by atoms with Gasteiger partial charge in [-0.25, -0.2) is 14.2 Å². The molecular formula is C24H23FN4O4S. The monoisotopic (exact) mass is 482 g/mol. The predicted molar refractivity (Wildman–Crippen MR) is 128 cm³/mol. The molecule has 2 aromatic heterocycles. The van der Waals surface area contributed by atoms with Gasteiger partial charge in [0.1, 0.15) is 12.4 Å². The van der Waals surface area contributed by atoms with Crippen LogP contribution in [0.1, 0.15) is 26.0 Å². The highest BCUT2D eigenvalue weighted by molar-refractivity contribution is 7.14. The van der Waals surface area contributed by atoms with Crippen LogP contribution in [0.15, 0.2) is 58.7 Å². The standard InChI is InChI=1S/C24H23FN4O4S/c1-3-27-20-10-6-7-11-21(20)28(24(27)32)13-12-22(31)33-14-17-15-34-23(26-17)29(16(2)30)19-9-5-4-8-18(19)25/h4-11,15H,3,12-14H2,1-2H3. The van der Waals surface area contributed by atoms with Gasteiger partial charge in [0.2, 0.25) is 5.91 Å². The van der Waals surface area contributed by atoms with Crippen LogP contribution in [-0.2, 0) is 34.0 Å². The van der Waals surface area contributed by atoms with E-state index >= 15 is 0 Å². The fourth-order valence-electron chi connectivity index (χ4n) is 3.73. The number of para-hydroxylation sites is 3. The van der Waals surface area contributed by atoms with E-state index in [4.69, 9.17) is 4.74 Å². The molecule has 0 unspecified atom stereocenters. The summed E-state index contributed by atoms with van der Waals surface area (Å²) in [5.41, 5.74) is 1.96. The van der Waals surface area contributed by atoms with Crippen LogP contribution in [-0.4, -0.2) is 26.0 Å². The van der Waals surface area contributed by atoms with E-state index < -0.39 is 11.8 Å². The lowest BCUT2D eigenvalue weighted by Gasteiger charge is -2.18. The molecule has 0 saturated carbocycles. The van der Waals surface area contributed by atoms with Crippen LogP contribution < -0.4 is 10.6 Å². The van der Waals surface area contributed by atoms with E-state index in [1.807, 2.05) is 31.2 Å². The molecule has 0 bridgehead atoms. The van der Waals surface area contributed by atoms with Gasteiger partial charge in [-0.05, 0) is 31.2 Å². The Morgan fingerprint density at radius 2 is 1.76 bits per heavy atom. The molecule has 176 valence electrons. The van der Waals surface area contributed by atoms with Gasteiger partial charge in [0.25, 0.3) is 0 Å². The van der Waals surface area contributed by atoms with Crippen molar-refractivity contribution in [2.24, 2.45) is 0 Å². The molecule has 0 aliphatic heterocycles. The minimum atomic E-state index is -0.541. The quantitative estimate of drug-likeness (QED) is 0.351. The number of anilines is 2. The van der Waals surface area contributed by atoms with Gasteiger partial charge in [0, 0.05) is 25.4 Å². The molecule has 4 aromatic rings. The van der Waals surface area contributed by atoms with Crippen LogP contribution in [0.2, 0.25) is 0 Å². The molecule has 0 fully saturated rings. The van der Waals surface area contributed by atoms with Crippen LogP contribution >= 0.6 is 11.3 Å². The number of fused-ring (bicyclic) bond motifs is 1. The molecule has 1 amide bonds. The summed E-state index contributed by atoms with van der Waals surface area (Å²) in [7, 11) is 0. The van der Waals surface area contributed by atoms with Gasteiger partial charge in [-0.1, -0.05) is 24.3 Å². The Hall–Kier alpha value is -3.79. The van der Waals surface area contributed by atoms with E-state index in [2.05, 4.69) is 4.98 Å². The van der Waals surface area contributed by atoms with Crippen molar-refractivity contribution >= 4 is 45.1 Å². The fraction of sp³-hybridized carbons (Fsp3) is 0.250. The molecule has 8 nitrogen and oxygen atoms in total. The summed E-state index contributed by atoms with van der Waals surface area (Å²) in [6.45, 7) is 3.86. The highest BCUT2D eigenvalue weighted by Gasteiger charge is 2.21. The molecule has 0 saturated heterocycles. The maximum absolute atomic E-state index is 14.2. The van der Waals surface area contributed by atoms with E-state index in [1.54, 1.807) is 20.6 Å². The Bertz CT molecular complexity index is 1410. The van der Waals surface area contributed by atoms with Crippen molar-refractivity contribution in [3.63, 3.8) is 0 Å². The second kappa shape index (κ2) is 10.0. The normalized spacial score (nSPS) is 11.0. The summed E-state index contributed by atoms with van der Waals surface area (Å²) < 4.78 is 22.8. The molecule has 0 aliphatic carbocycles. The zero-order valence-electron chi connectivity index (χ0n) is 18.7. The zero-order chi connectivity index (χ0) is 24.2. The predicted octanol–water partition coefficient (Wildman–Crippen LogP) is 4.24. The van der Waals surface area contributed by atoms with Gasteiger partial charge in [-0.2, -0.15) is 0 Å². The molecule has 2 heterocycles. The number of hydrogen-bond donors (Lipinski definition) is 0. The second-order valence-electron chi connectivity index (χ2n) is 7.51. The van der Waals surface area contributed by atoms with Gasteiger partial charge < -0.3 is 4.74 Å². The molecule has 0 radical (unpaired) electrons. The van der Waals surface area contributed by atoms with Gasteiger partial charge >= 0.3 is 11.7 Å². The summed E-state index contributed by atoms with van der Waals surface area (Å²) in [5.74, 6) is -1.41. The molecule has 10 heteroatoms. The topological polar surface area (TPSA) is 86.4 Å². The van der Waals surface area contributed by atoms with Crippen LogP contribution in [0, 0.1) is 5.82 Å². The number of carbonyl (C=O) groups is 2. The Morgan fingerprint density at radius 1 is 1.09 bits per heavy atom. The third-order valence-electron chi connectivity index (χ3n) is 5.30. The van der Waals surface area contributed by atoms with Gasteiger partial charge in [0.05, 0.1) is 28.8 Å². The Kier molecular flexibility index (Phi) is 6.87. The number of ether oxygens (including phenoxy) is 1. The first-order valence-corrected chi connectivity index (χ1v) is 11.6. The average molecular weight is 483 g/mol. The van der Waals surface area contributed by atoms with Crippen molar-refractivity contribution in [1.82, 2.24) is 14.1 Å². The number of benzene rings is 2. The zero-order valence-corrected chi connectivity index (χ0v) is 19.5. The molecule has 4 rings (SSSR count). The van der Waals surface area contributed by atoms with Gasteiger partial charge in [0.15, 0.2) is 5.13 Å². The number of aromatic nitrogens is 3. The average Bonchev–Trinajstić information content (AvgIpc) is 3.39. The highest BCUT2D eigenvalue weighted by Crippen LogP contribution is 2.30. The summed E-state index contributed by atoms with van der Waals surface area (Å²) in [5, 5.41) is 1.93. The number of thiazole rings is 1. The van der Waals surface area contributed by atoms with Crippen LogP contribution in [0.5, 0.6) is 0 Å². The maximum atomic E-state index is 14.2. The maximum Gasteiger partial charge on any atom is 0.329 e. The Labute approximate surface area is 198 Å². The summed E-state index contributed by atoms with van der Waals surface area (Å²) in [6, 6.07) is 13.4. The molecule has 0 spiro atoms. The minimum absolute atomic E-state index is 0.0173. The van der Waals surface area contributed by atoms with Crippen molar-refractivity contribution in [2.45, 2.75) is 40.0 Å². The van der Waals surface area contributed by atoms with Crippen molar-refractivity contribution in [2.75, 3.05) is 4.90 Å². The van der Waals surface area contributed by atoms with Crippen molar-refractivity contribution in [1.29, 1.82) is 0 Å². The molecule has 0 atom stereocenters. The summed E-state index contributed by atoms with van der Waals surface area (Å²) >= 11 is 1.15. The second-order valence-corrected chi connectivity index (χ2v) is 8.34. The fourth-order valence-corrected chi connectivity index (χ4v) is 4.59. The van der Waals surface area contributed by atoms with Crippen molar-refractivity contribution < 1.29 is 18.7 Å². The van der Waals surface area contributed by atoms with Crippen LogP contribution in [0.4, 0.5) is 15.2 Å². The van der Waals surface area contributed by atoms with E-state index in [0.717, 1.165) is 22.4 Å². The van der Waals surface area contributed by atoms with Crippen molar-refractivity contribution in [3.8, 4) is 0 Å². The number of carbonyl (C=O) groups excluding carboxylic acids is 2. The molecule has 0 N–H and O–H groups in total. The number of amides is 1. The molecule has 0 aliphatic rings. The summed E-state index contributed by atoms with van der Waals surface area (Å²) in [6.07, 6.45) is 0.0173. The van der Waals surface area contributed by atoms with E-state index in [0.29, 0.717) is 12.2 Å². The Morgan fingerprint density at radius 3 is 2.44 bits per heavy atom. The summed E-state index contributed by atoms with van der Waals surface area (Å²) in [4.78, 5) is 42.7. The number of rotatable bonds is 8. The van der Waals surface area contributed by atoms with Crippen molar-refractivity contribution in [3.05, 3.63) is 75.9 Å². The minimum Gasteiger partial charge on any atom is -0.459 e. The van der Waals surface area contributed by atoms with E-state index in [-0.39, 0.29) is 42.0 Å². The third kappa shape index (κ3) is 4.62. The lowest BCUT2D eigenvalue weighted by atomic mass is 10.3. The first-order valence-electron chi connectivity index (χ1n) is 10.7. The number of esters is 1. The highest BCUT2D eigenvalue weighted by atomic mass is 32.1. The van der Waals surface area contributed by atoms with E-state index in [1.165, 1.54) is 30.0 Å². The van der Waals surface area contributed by atoms with E-state index in [9.17, 15) is 18.8 Å². The lowest BCUT2D eigenvalue weighted by Crippen LogP contribution is -2.25. The van der Waals surface area contributed by atoms with Crippen LogP contribution in [0.3, 0.4) is 0 Å². The number of nitrogens with zero attached hydrogens (tertiary/aromatic N) is 4. The molecule has 2 aromatic carbocycles. The number of aryl methyl sites for hydroxylation is 2. The SMILES string of the molecule is CCn1c(=O)n(CCC(=O)OCc2csc(N(C(C)=O)c3ccccc3F)n2)c2ccccc21. The Balaban J connectivity index is 1.41. The van der Waals surface area contributed by atoms with Gasteiger partial charge in [-0.15, -0.1) is 11.3 Å². The first-order chi connectivity index (χ1) is 16.4. The number of halogens is 1. The largest absolute Gasteiger partial charge is 0.459 e. The number of imidazole rings is 1. The number of hydrogen-bond acceptors (Lipinski definition) is 6.